The molecule has 2 rings (SSSR count). The summed E-state index contributed by atoms with van der Waals surface area (Å²) in [6.07, 6.45) is 0. The lowest BCUT2D eigenvalue weighted by atomic mass is 10.2. The second kappa shape index (κ2) is 5.90. The first-order valence-electron chi connectivity index (χ1n) is 5.85. The van der Waals surface area contributed by atoms with Gasteiger partial charge in [0.25, 0.3) is 0 Å². The summed E-state index contributed by atoms with van der Waals surface area (Å²) in [5.41, 5.74) is 1.20. The largest absolute Gasteiger partial charge is 0.369 e. The van der Waals surface area contributed by atoms with Crippen molar-refractivity contribution in [3.8, 4) is 0 Å². The van der Waals surface area contributed by atoms with Gasteiger partial charge in [-0.1, -0.05) is 17.7 Å². The molecule has 1 aliphatic rings. The van der Waals surface area contributed by atoms with Crippen LogP contribution in [0.3, 0.4) is 0 Å². The molecule has 0 aliphatic carbocycles. The van der Waals surface area contributed by atoms with Crippen LogP contribution in [0.25, 0.3) is 4.85 Å². The van der Waals surface area contributed by atoms with Gasteiger partial charge in [-0.05, 0) is 18.2 Å². The molecule has 1 aromatic carbocycles. The smallest absolute Gasteiger partial charge is 0.227 e. The van der Waals surface area contributed by atoms with Gasteiger partial charge in [0.1, 0.15) is 0 Å². The van der Waals surface area contributed by atoms with Crippen LogP contribution >= 0.6 is 11.6 Å². The molecule has 3 nitrogen and oxygen atoms in total. The Morgan fingerprint density at radius 2 is 2.00 bits per heavy atom. The number of benzene rings is 1. The van der Waals surface area contributed by atoms with E-state index in [1.54, 1.807) is 0 Å². The lowest BCUT2D eigenvalue weighted by Gasteiger charge is -2.35. The van der Waals surface area contributed by atoms with Gasteiger partial charge in [0, 0.05) is 36.9 Å². The van der Waals surface area contributed by atoms with E-state index < -0.39 is 0 Å². The molecule has 0 unspecified atom stereocenters. The topological polar surface area (TPSA) is 10.8 Å². The van der Waals surface area contributed by atoms with Crippen molar-refractivity contribution >= 4 is 17.3 Å². The molecule has 4 heteroatoms. The minimum atomic E-state index is 0.608. The van der Waals surface area contributed by atoms with Crippen molar-refractivity contribution in [3.05, 3.63) is 40.7 Å². The molecule has 1 aromatic rings. The van der Waals surface area contributed by atoms with Crippen molar-refractivity contribution < 1.29 is 0 Å². The summed E-state index contributed by atoms with van der Waals surface area (Å²) in [7, 11) is 0. The summed E-state index contributed by atoms with van der Waals surface area (Å²) in [5, 5.41) is 0.790. The number of halogens is 1. The summed E-state index contributed by atoms with van der Waals surface area (Å²) in [5.74, 6) is 0. The first kappa shape index (κ1) is 12.2. The third kappa shape index (κ3) is 3.36. The molecule has 1 heterocycles. The van der Waals surface area contributed by atoms with Crippen LogP contribution in [0.5, 0.6) is 0 Å². The van der Waals surface area contributed by atoms with Gasteiger partial charge >= 0.3 is 0 Å². The predicted molar refractivity (Wildman–Crippen MR) is 71.6 cm³/mol. The lowest BCUT2D eigenvalue weighted by Crippen LogP contribution is -2.47. The Morgan fingerprint density at radius 1 is 1.24 bits per heavy atom. The molecule has 0 bridgehead atoms. The summed E-state index contributed by atoms with van der Waals surface area (Å²) in [4.78, 5) is 8.09. The molecule has 1 aliphatic heterocycles. The molecule has 0 radical (unpaired) electrons. The minimum absolute atomic E-state index is 0.608. The van der Waals surface area contributed by atoms with E-state index in [9.17, 15) is 0 Å². The van der Waals surface area contributed by atoms with Crippen LogP contribution in [0.4, 0.5) is 5.69 Å². The van der Waals surface area contributed by atoms with Crippen LogP contribution in [0.2, 0.25) is 5.02 Å². The van der Waals surface area contributed by atoms with Crippen molar-refractivity contribution in [2.75, 3.05) is 44.2 Å². The maximum atomic E-state index is 6.79. The molecular weight excluding hydrogens is 234 g/mol. The quantitative estimate of drug-likeness (QED) is 0.762. The van der Waals surface area contributed by atoms with E-state index in [4.69, 9.17) is 18.2 Å². The van der Waals surface area contributed by atoms with Gasteiger partial charge < -0.3 is 9.74 Å². The summed E-state index contributed by atoms with van der Waals surface area (Å²) >= 11 is 5.99. The molecule has 1 saturated heterocycles. The Morgan fingerprint density at radius 3 is 2.65 bits per heavy atom. The Labute approximate surface area is 107 Å². The number of hydrogen-bond donors (Lipinski definition) is 0. The second-order valence-electron chi connectivity index (χ2n) is 4.19. The van der Waals surface area contributed by atoms with Gasteiger partial charge in [0.2, 0.25) is 6.54 Å². The highest BCUT2D eigenvalue weighted by Gasteiger charge is 2.17. The fourth-order valence-electron chi connectivity index (χ4n) is 2.09. The zero-order valence-corrected chi connectivity index (χ0v) is 10.5. The first-order chi connectivity index (χ1) is 8.29. The van der Waals surface area contributed by atoms with Gasteiger partial charge in [0.15, 0.2) is 0 Å². The fourth-order valence-corrected chi connectivity index (χ4v) is 2.28. The van der Waals surface area contributed by atoms with Gasteiger partial charge in [0.05, 0.1) is 6.54 Å². The van der Waals surface area contributed by atoms with Crippen LogP contribution in [-0.2, 0) is 0 Å². The molecule has 0 spiro atoms. The first-order valence-corrected chi connectivity index (χ1v) is 6.23. The van der Waals surface area contributed by atoms with Gasteiger partial charge in [-0.2, -0.15) is 0 Å². The van der Waals surface area contributed by atoms with E-state index in [1.807, 2.05) is 18.2 Å². The third-order valence-electron chi connectivity index (χ3n) is 3.07. The number of piperazine rings is 1. The normalized spacial score (nSPS) is 16.8. The van der Waals surface area contributed by atoms with Crippen LogP contribution in [0, 0.1) is 6.57 Å². The molecule has 1 fully saturated rings. The van der Waals surface area contributed by atoms with E-state index in [-0.39, 0.29) is 0 Å². The van der Waals surface area contributed by atoms with Crippen LogP contribution in [0.15, 0.2) is 24.3 Å². The predicted octanol–water partition coefficient (Wildman–Crippen LogP) is 2.38. The molecule has 0 N–H and O–H groups in total. The van der Waals surface area contributed by atoms with Crippen molar-refractivity contribution in [3.63, 3.8) is 0 Å². The highest BCUT2D eigenvalue weighted by molar-refractivity contribution is 6.30. The van der Waals surface area contributed by atoms with Crippen LogP contribution in [-0.4, -0.2) is 44.2 Å². The Balaban J connectivity index is 1.89. The average molecular weight is 250 g/mol. The van der Waals surface area contributed by atoms with E-state index in [0.717, 1.165) is 37.7 Å². The monoisotopic (exact) mass is 249 g/mol. The zero-order valence-electron chi connectivity index (χ0n) is 9.77. The third-order valence-corrected chi connectivity index (χ3v) is 3.31. The Bertz CT molecular complexity index is 405. The SMILES string of the molecule is [C-]#[N+]CCN1CCN(c2cccc(Cl)c2)CC1. The number of hydrogen-bond acceptors (Lipinski definition) is 2. The van der Waals surface area contributed by atoms with E-state index in [0.29, 0.717) is 6.54 Å². The molecule has 90 valence electrons. The Kier molecular flexibility index (Phi) is 4.24. The second-order valence-corrected chi connectivity index (χ2v) is 4.63. The molecule has 17 heavy (non-hydrogen) atoms. The number of anilines is 1. The molecule has 0 amide bonds. The highest BCUT2D eigenvalue weighted by Crippen LogP contribution is 2.20. The Hall–Kier alpha value is -1.24. The van der Waals surface area contributed by atoms with Gasteiger partial charge in [-0.3, -0.25) is 4.90 Å². The molecular formula is C13H16ClN3. The minimum Gasteiger partial charge on any atom is -0.369 e. The number of rotatable bonds is 3. The summed E-state index contributed by atoms with van der Waals surface area (Å²) < 4.78 is 0. The van der Waals surface area contributed by atoms with Gasteiger partial charge in [-0.15, -0.1) is 0 Å². The highest BCUT2D eigenvalue weighted by atomic mass is 35.5. The summed E-state index contributed by atoms with van der Waals surface area (Å²) in [6.45, 7) is 12.4. The van der Waals surface area contributed by atoms with Crippen molar-refractivity contribution in [1.29, 1.82) is 0 Å². The molecule has 0 aromatic heterocycles. The average Bonchev–Trinajstić information content (AvgIpc) is 2.37. The van der Waals surface area contributed by atoms with Crippen molar-refractivity contribution in [2.45, 2.75) is 0 Å². The molecule has 0 atom stereocenters. The van der Waals surface area contributed by atoms with Crippen molar-refractivity contribution in [2.24, 2.45) is 0 Å². The van der Waals surface area contributed by atoms with Crippen LogP contribution < -0.4 is 4.90 Å². The van der Waals surface area contributed by atoms with Crippen molar-refractivity contribution in [1.82, 2.24) is 4.90 Å². The zero-order chi connectivity index (χ0) is 12.1. The number of nitrogens with zero attached hydrogens (tertiary/aromatic N) is 3. The van der Waals surface area contributed by atoms with E-state index >= 15 is 0 Å². The van der Waals surface area contributed by atoms with Crippen LogP contribution in [0.1, 0.15) is 0 Å². The summed E-state index contributed by atoms with van der Waals surface area (Å²) in [6, 6.07) is 8.00. The molecule has 0 saturated carbocycles. The maximum Gasteiger partial charge on any atom is 0.227 e. The maximum absolute atomic E-state index is 6.79. The van der Waals surface area contributed by atoms with E-state index in [2.05, 4.69) is 20.7 Å². The van der Waals surface area contributed by atoms with Gasteiger partial charge in [-0.25, -0.2) is 6.57 Å². The standard InChI is InChI=1S/C13H16ClN3/c1-15-5-6-16-7-9-17(10-8-16)13-4-2-3-12(14)11-13/h2-4,11H,5-10H2. The van der Waals surface area contributed by atoms with E-state index in [1.165, 1.54) is 5.69 Å². The lowest BCUT2D eigenvalue weighted by molar-refractivity contribution is 0.269. The fraction of sp³-hybridized carbons (Fsp3) is 0.462.